The summed E-state index contributed by atoms with van der Waals surface area (Å²) in [5.41, 5.74) is 0.211. The Bertz CT molecular complexity index is 456. The Kier molecular flexibility index (Phi) is 6.17. The van der Waals surface area contributed by atoms with E-state index in [1.54, 1.807) is 0 Å². The van der Waals surface area contributed by atoms with Crippen LogP contribution in [0.15, 0.2) is 12.3 Å². The zero-order chi connectivity index (χ0) is 15.1. The molecule has 0 radical (unpaired) electrons. The maximum Gasteiger partial charge on any atom is 0.328 e. The molecule has 7 nitrogen and oxygen atoms in total. The van der Waals surface area contributed by atoms with Crippen LogP contribution in [0.4, 0.5) is 0 Å². The number of carbonyl (C=O) groups is 2. The molecule has 0 fully saturated rings. The van der Waals surface area contributed by atoms with Crippen LogP contribution < -0.4 is 5.32 Å². The van der Waals surface area contributed by atoms with Crippen LogP contribution >= 0.6 is 0 Å². The maximum absolute atomic E-state index is 11.8. The van der Waals surface area contributed by atoms with Gasteiger partial charge in [-0.1, -0.05) is 0 Å². The lowest BCUT2D eigenvalue weighted by molar-refractivity contribution is -0.140. The molecule has 0 aliphatic carbocycles. The Labute approximate surface area is 117 Å². The summed E-state index contributed by atoms with van der Waals surface area (Å²) in [6.45, 7) is 6.49. The van der Waals surface area contributed by atoms with E-state index in [0.717, 1.165) is 6.42 Å². The Morgan fingerprint density at radius 3 is 2.75 bits per heavy atom. The molecule has 0 aliphatic rings. The molecule has 1 atom stereocenters. The van der Waals surface area contributed by atoms with E-state index >= 15 is 0 Å². The highest BCUT2D eigenvalue weighted by Gasteiger charge is 2.16. The van der Waals surface area contributed by atoms with Crippen molar-refractivity contribution in [3.05, 3.63) is 18.0 Å². The van der Waals surface area contributed by atoms with E-state index in [4.69, 9.17) is 9.84 Å². The Morgan fingerprint density at radius 1 is 1.45 bits per heavy atom. The fourth-order valence-corrected chi connectivity index (χ4v) is 1.47. The quantitative estimate of drug-likeness (QED) is 0.696. The normalized spacial score (nSPS) is 12.4. The van der Waals surface area contributed by atoms with Crippen LogP contribution in [-0.4, -0.2) is 46.0 Å². The highest BCUT2D eigenvalue weighted by molar-refractivity contribution is 5.92. The molecule has 7 heteroatoms. The molecule has 0 saturated heterocycles. The summed E-state index contributed by atoms with van der Waals surface area (Å²) in [7, 11) is 0. The summed E-state index contributed by atoms with van der Waals surface area (Å²) in [5, 5.41) is 15.5. The zero-order valence-electron chi connectivity index (χ0n) is 12.0. The maximum atomic E-state index is 11.8. The summed E-state index contributed by atoms with van der Waals surface area (Å²) < 4.78 is 6.60. The number of carboxylic acid groups (broad SMARTS) is 1. The van der Waals surface area contributed by atoms with Crippen LogP contribution in [0.1, 0.15) is 43.7 Å². The summed E-state index contributed by atoms with van der Waals surface area (Å²) in [4.78, 5) is 22.6. The molecule has 0 aliphatic heterocycles. The van der Waals surface area contributed by atoms with Crippen LogP contribution in [0.3, 0.4) is 0 Å². The predicted molar refractivity (Wildman–Crippen MR) is 72.6 cm³/mol. The number of aromatic nitrogens is 2. The first-order valence-corrected chi connectivity index (χ1v) is 6.59. The van der Waals surface area contributed by atoms with Crippen LogP contribution in [0.25, 0.3) is 0 Å². The topological polar surface area (TPSA) is 93.5 Å². The van der Waals surface area contributed by atoms with Crippen molar-refractivity contribution in [1.82, 2.24) is 15.1 Å². The van der Waals surface area contributed by atoms with Gasteiger partial charge in [-0.3, -0.25) is 9.48 Å². The number of nitrogens with one attached hydrogen (secondary N) is 1. The van der Waals surface area contributed by atoms with Crippen molar-refractivity contribution in [1.29, 1.82) is 0 Å². The van der Waals surface area contributed by atoms with Gasteiger partial charge in [0.05, 0.1) is 6.10 Å². The van der Waals surface area contributed by atoms with Gasteiger partial charge in [-0.2, -0.15) is 5.10 Å². The number of rotatable bonds is 8. The van der Waals surface area contributed by atoms with E-state index in [1.807, 2.05) is 13.8 Å². The molecule has 2 N–H and O–H groups in total. The smallest absolute Gasteiger partial charge is 0.328 e. The molecule has 1 unspecified atom stereocenters. The monoisotopic (exact) mass is 283 g/mol. The van der Waals surface area contributed by atoms with Gasteiger partial charge in [0.1, 0.15) is 11.7 Å². The van der Waals surface area contributed by atoms with Gasteiger partial charge in [-0.25, -0.2) is 4.79 Å². The van der Waals surface area contributed by atoms with Crippen LogP contribution in [-0.2, 0) is 9.53 Å². The van der Waals surface area contributed by atoms with Gasteiger partial charge in [0.25, 0.3) is 5.91 Å². The van der Waals surface area contributed by atoms with Gasteiger partial charge < -0.3 is 15.2 Å². The zero-order valence-corrected chi connectivity index (χ0v) is 12.0. The van der Waals surface area contributed by atoms with Crippen molar-refractivity contribution in [3.8, 4) is 0 Å². The Hall–Kier alpha value is -1.89. The number of ether oxygens (including phenoxy) is 1. The number of carbonyl (C=O) groups excluding carboxylic acids is 1. The molecule has 1 amide bonds. The molecule has 112 valence electrons. The summed E-state index contributed by atoms with van der Waals surface area (Å²) in [6, 6.07) is 0.704. The highest BCUT2D eigenvalue weighted by atomic mass is 16.5. The third-order valence-electron chi connectivity index (χ3n) is 2.65. The fourth-order valence-electron chi connectivity index (χ4n) is 1.47. The minimum absolute atomic E-state index is 0.180. The molecule has 1 aromatic heterocycles. The molecule has 1 aromatic rings. The van der Waals surface area contributed by atoms with Crippen LogP contribution in [0.2, 0.25) is 0 Å². The number of nitrogens with zero attached hydrogens (tertiary/aromatic N) is 2. The van der Waals surface area contributed by atoms with Crippen LogP contribution in [0, 0.1) is 0 Å². The van der Waals surface area contributed by atoms with Crippen LogP contribution in [0.5, 0.6) is 0 Å². The minimum atomic E-state index is -0.995. The predicted octanol–water partition coefficient (Wildman–Crippen LogP) is 1.07. The molecule has 0 bridgehead atoms. The van der Waals surface area contributed by atoms with Gasteiger partial charge in [0, 0.05) is 19.3 Å². The van der Waals surface area contributed by atoms with E-state index in [-0.39, 0.29) is 17.7 Å². The lowest BCUT2D eigenvalue weighted by atomic mass is 10.3. The molecular weight excluding hydrogens is 262 g/mol. The molecule has 20 heavy (non-hydrogen) atoms. The first-order chi connectivity index (χ1) is 9.41. The van der Waals surface area contributed by atoms with Gasteiger partial charge in [0.15, 0.2) is 0 Å². The third-order valence-corrected chi connectivity index (χ3v) is 2.65. The number of amides is 1. The van der Waals surface area contributed by atoms with Crippen molar-refractivity contribution in [3.63, 3.8) is 0 Å². The largest absolute Gasteiger partial charge is 0.480 e. The lowest BCUT2D eigenvalue weighted by Gasteiger charge is -2.08. The second kappa shape index (κ2) is 7.64. The SMILES string of the molecule is CC(C)OCCCNC(=O)c1ccn(C(C)C(=O)O)n1. The van der Waals surface area contributed by atoms with Crippen molar-refractivity contribution in [2.75, 3.05) is 13.2 Å². The Balaban J connectivity index is 2.39. The number of hydrogen-bond acceptors (Lipinski definition) is 4. The van der Waals surface area contributed by atoms with E-state index in [9.17, 15) is 9.59 Å². The van der Waals surface area contributed by atoms with E-state index in [0.29, 0.717) is 13.2 Å². The summed E-state index contributed by atoms with van der Waals surface area (Å²) in [5.74, 6) is -1.31. The number of carboxylic acids is 1. The molecule has 1 rings (SSSR count). The van der Waals surface area contributed by atoms with Gasteiger partial charge in [-0.05, 0) is 33.3 Å². The van der Waals surface area contributed by atoms with Gasteiger partial charge in [0.2, 0.25) is 0 Å². The van der Waals surface area contributed by atoms with Crippen molar-refractivity contribution < 1.29 is 19.4 Å². The highest BCUT2D eigenvalue weighted by Crippen LogP contribution is 2.05. The summed E-state index contributed by atoms with van der Waals surface area (Å²) in [6.07, 6.45) is 2.38. The van der Waals surface area contributed by atoms with Gasteiger partial charge >= 0.3 is 5.97 Å². The summed E-state index contributed by atoms with van der Waals surface area (Å²) >= 11 is 0. The molecule has 0 saturated carbocycles. The molecule has 0 aromatic carbocycles. The number of aliphatic carboxylic acids is 1. The first-order valence-electron chi connectivity index (χ1n) is 6.59. The van der Waals surface area contributed by atoms with E-state index < -0.39 is 12.0 Å². The first kappa shape index (κ1) is 16.2. The standard InChI is InChI=1S/C13H21N3O4/c1-9(2)20-8-4-6-14-12(17)11-5-7-16(15-11)10(3)13(18)19/h5,7,9-10H,4,6,8H2,1-3H3,(H,14,17)(H,18,19). The van der Waals surface area contributed by atoms with Crippen molar-refractivity contribution in [2.45, 2.75) is 39.3 Å². The second-order valence-electron chi connectivity index (χ2n) is 4.72. The second-order valence-corrected chi connectivity index (χ2v) is 4.72. The Morgan fingerprint density at radius 2 is 2.15 bits per heavy atom. The molecule has 0 spiro atoms. The average Bonchev–Trinajstić information content (AvgIpc) is 2.86. The lowest BCUT2D eigenvalue weighted by Crippen LogP contribution is -2.26. The van der Waals surface area contributed by atoms with E-state index in [1.165, 1.54) is 23.9 Å². The molecular formula is C13H21N3O4. The van der Waals surface area contributed by atoms with Crippen molar-refractivity contribution in [2.24, 2.45) is 0 Å². The van der Waals surface area contributed by atoms with Gasteiger partial charge in [-0.15, -0.1) is 0 Å². The fraction of sp³-hybridized carbons (Fsp3) is 0.615. The average molecular weight is 283 g/mol. The minimum Gasteiger partial charge on any atom is -0.480 e. The third kappa shape index (κ3) is 5.00. The van der Waals surface area contributed by atoms with E-state index in [2.05, 4.69) is 10.4 Å². The number of hydrogen-bond donors (Lipinski definition) is 2. The molecule has 1 heterocycles. The van der Waals surface area contributed by atoms with Crippen molar-refractivity contribution >= 4 is 11.9 Å².